The maximum absolute atomic E-state index is 13.5. The molecule has 39 heavy (non-hydrogen) atoms. The summed E-state index contributed by atoms with van der Waals surface area (Å²) in [6, 6.07) is 12.7. The number of nitrogens with one attached hydrogen (secondary N) is 1. The predicted molar refractivity (Wildman–Crippen MR) is 135 cm³/mol. The number of anilines is 2. The van der Waals surface area contributed by atoms with Gasteiger partial charge in [0.2, 0.25) is 5.91 Å². The maximum atomic E-state index is 13.5. The van der Waals surface area contributed by atoms with Crippen molar-refractivity contribution in [2.24, 2.45) is 0 Å². The van der Waals surface area contributed by atoms with E-state index in [9.17, 15) is 36.0 Å². The number of ether oxygens (including phenoxy) is 2. The SMILES string of the molecule is COC(=O)c1cc(NC(=O)CN(c2ccc(Cl)c(C(F)(F)F)c2)S(=O)(=O)c2ccccc2)cc(C(=O)OC)c1. The first-order valence-electron chi connectivity index (χ1n) is 10.8. The zero-order valence-corrected chi connectivity index (χ0v) is 21.9. The van der Waals surface area contributed by atoms with Crippen LogP contribution in [0.15, 0.2) is 71.6 Å². The number of sulfonamides is 1. The molecule has 1 amide bonds. The average molecular weight is 585 g/mol. The molecule has 0 saturated heterocycles. The van der Waals surface area contributed by atoms with Crippen LogP contribution in [0, 0.1) is 0 Å². The van der Waals surface area contributed by atoms with E-state index in [4.69, 9.17) is 11.6 Å². The Kier molecular flexibility index (Phi) is 8.87. The van der Waals surface area contributed by atoms with Gasteiger partial charge in [0.25, 0.3) is 10.0 Å². The van der Waals surface area contributed by atoms with Gasteiger partial charge < -0.3 is 14.8 Å². The zero-order chi connectivity index (χ0) is 29.0. The summed E-state index contributed by atoms with van der Waals surface area (Å²) in [5.74, 6) is -2.69. The number of alkyl halides is 3. The second-order valence-corrected chi connectivity index (χ2v) is 10.1. The van der Waals surface area contributed by atoms with Gasteiger partial charge in [0.1, 0.15) is 6.54 Å². The second-order valence-electron chi connectivity index (χ2n) is 7.82. The van der Waals surface area contributed by atoms with E-state index in [0.29, 0.717) is 10.4 Å². The van der Waals surface area contributed by atoms with Crippen molar-refractivity contribution >= 4 is 50.8 Å². The minimum absolute atomic E-state index is 0.104. The number of hydrogen-bond acceptors (Lipinski definition) is 7. The van der Waals surface area contributed by atoms with Crippen molar-refractivity contribution in [2.45, 2.75) is 11.1 Å². The molecule has 0 aliphatic rings. The fourth-order valence-corrected chi connectivity index (χ4v) is 5.08. The molecular weight excluding hydrogens is 565 g/mol. The number of benzene rings is 3. The largest absolute Gasteiger partial charge is 0.465 e. The molecule has 1 N–H and O–H groups in total. The Morgan fingerprint density at radius 1 is 0.897 bits per heavy atom. The number of esters is 2. The third kappa shape index (κ3) is 6.86. The summed E-state index contributed by atoms with van der Waals surface area (Å²) >= 11 is 5.69. The molecule has 206 valence electrons. The van der Waals surface area contributed by atoms with E-state index in [-0.39, 0.29) is 21.7 Å². The lowest BCUT2D eigenvalue weighted by molar-refractivity contribution is -0.137. The lowest BCUT2D eigenvalue weighted by Gasteiger charge is -2.25. The van der Waals surface area contributed by atoms with Gasteiger partial charge in [-0.15, -0.1) is 0 Å². The normalized spacial score (nSPS) is 11.4. The highest BCUT2D eigenvalue weighted by atomic mass is 35.5. The molecule has 9 nitrogen and oxygen atoms in total. The lowest BCUT2D eigenvalue weighted by Crippen LogP contribution is -2.38. The molecule has 0 saturated carbocycles. The van der Waals surface area contributed by atoms with Crippen molar-refractivity contribution in [1.82, 2.24) is 0 Å². The summed E-state index contributed by atoms with van der Waals surface area (Å²) in [7, 11) is -2.36. The average Bonchev–Trinajstić information content (AvgIpc) is 2.90. The number of hydrogen-bond donors (Lipinski definition) is 1. The number of methoxy groups -OCH3 is 2. The summed E-state index contributed by atoms with van der Waals surface area (Å²) in [4.78, 5) is 36.8. The quantitative estimate of drug-likeness (QED) is 0.379. The number of amides is 1. The number of rotatable bonds is 8. The van der Waals surface area contributed by atoms with Crippen LogP contribution in [0.5, 0.6) is 0 Å². The first kappa shape index (κ1) is 29.5. The summed E-state index contributed by atoms with van der Waals surface area (Å²) in [5.41, 5.74) is -2.14. The fraction of sp³-hybridized carbons (Fsp3) is 0.160. The van der Waals surface area contributed by atoms with Crippen LogP contribution in [0.25, 0.3) is 0 Å². The third-order valence-corrected chi connectivity index (χ3v) is 7.34. The van der Waals surface area contributed by atoms with Gasteiger partial charge in [-0.2, -0.15) is 13.2 Å². The summed E-state index contributed by atoms with van der Waals surface area (Å²) in [6.45, 7) is -0.980. The van der Waals surface area contributed by atoms with E-state index < -0.39 is 56.9 Å². The van der Waals surface area contributed by atoms with Gasteiger partial charge in [-0.05, 0) is 48.5 Å². The molecule has 3 aromatic rings. The van der Waals surface area contributed by atoms with Crippen LogP contribution in [0.3, 0.4) is 0 Å². The number of carbonyl (C=O) groups excluding carboxylic acids is 3. The highest BCUT2D eigenvalue weighted by molar-refractivity contribution is 7.92. The van der Waals surface area contributed by atoms with Crippen LogP contribution in [0.1, 0.15) is 26.3 Å². The Balaban J connectivity index is 2.05. The monoisotopic (exact) mass is 584 g/mol. The van der Waals surface area contributed by atoms with E-state index in [1.54, 1.807) is 0 Å². The lowest BCUT2D eigenvalue weighted by atomic mass is 10.1. The maximum Gasteiger partial charge on any atom is 0.417 e. The van der Waals surface area contributed by atoms with E-state index >= 15 is 0 Å². The number of carbonyl (C=O) groups is 3. The minimum atomic E-state index is -4.91. The third-order valence-electron chi connectivity index (χ3n) is 5.22. The molecule has 3 rings (SSSR count). The van der Waals surface area contributed by atoms with Crippen molar-refractivity contribution in [3.8, 4) is 0 Å². The van der Waals surface area contributed by atoms with Gasteiger partial charge in [-0.25, -0.2) is 18.0 Å². The highest BCUT2D eigenvalue weighted by Gasteiger charge is 2.35. The van der Waals surface area contributed by atoms with Crippen LogP contribution < -0.4 is 9.62 Å². The van der Waals surface area contributed by atoms with Crippen LogP contribution in [-0.2, 0) is 30.5 Å². The van der Waals surface area contributed by atoms with Gasteiger partial charge in [0, 0.05) is 5.69 Å². The van der Waals surface area contributed by atoms with Gasteiger partial charge in [-0.3, -0.25) is 9.10 Å². The Morgan fingerprint density at radius 3 is 1.97 bits per heavy atom. The highest BCUT2D eigenvalue weighted by Crippen LogP contribution is 2.38. The van der Waals surface area contributed by atoms with Gasteiger partial charge in [0.15, 0.2) is 0 Å². The molecule has 0 spiro atoms. The van der Waals surface area contributed by atoms with Crippen molar-refractivity contribution < 1.29 is 45.4 Å². The zero-order valence-electron chi connectivity index (χ0n) is 20.3. The van der Waals surface area contributed by atoms with E-state index in [0.717, 1.165) is 44.6 Å². The van der Waals surface area contributed by atoms with Crippen LogP contribution >= 0.6 is 11.6 Å². The molecule has 14 heteroatoms. The van der Waals surface area contributed by atoms with Crippen molar-refractivity contribution in [3.05, 3.63) is 88.4 Å². The molecular formula is C25H20ClF3N2O7S. The van der Waals surface area contributed by atoms with Crippen molar-refractivity contribution in [2.75, 3.05) is 30.4 Å². The molecule has 0 heterocycles. The molecule has 0 radical (unpaired) electrons. The molecule has 0 unspecified atom stereocenters. The van der Waals surface area contributed by atoms with Crippen LogP contribution in [0.4, 0.5) is 24.5 Å². The van der Waals surface area contributed by atoms with E-state index in [1.165, 1.54) is 30.3 Å². The predicted octanol–water partition coefficient (Wildman–Crippen LogP) is 4.77. The van der Waals surface area contributed by atoms with Crippen molar-refractivity contribution in [1.29, 1.82) is 0 Å². The summed E-state index contributed by atoms with van der Waals surface area (Å²) in [6.07, 6.45) is -4.91. The standard InChI is InChI=1S/C25H20ClF3N2O7S/c1-37-23(33)15-10-16(24(34)38-2)12-17(11-15)30-22(32)14-31(39(35,36)19-6-4-3-5-7-19)18-8-9-21(26)20(13-18)25(27,28)29/h3-13H,14H2,1-2H3,(H,30,32). The van der Waals surface area contributed by atoms with Crippen molar-refractivity contribution in [3.63, 3.8) is 0 Å². The number of nitrogens with zero attached hydrogens (tertiary/aromatic N) is 1. The Morgan fingerprint density at radius 2 is 1.46 bits per heavy atom. The molecule has 3 aromatic carbocycles. The topological polar surface area (TPSA) is 119 Å². The number of halogens is 4. The Hall–Kier alpha value is -4.10. The first-order chi connectivity index (χ1) is 18.3. The van der Waals surface area contributed by atoms with Gasteiger partial charge in [0.05, 0.1) is 46.5 Å². The van der Waals surface area contributed by atoms with Crippen LogP contribution in [-0.4, -0.2) is 47.0 Å². The van der Waals surface area contributed by atoms with Crippen LogP contribution in [0.2, 0.25) is 5.02 Å². The fourth-order valence-electron chi connectivity index (χ4n) is 3.42. The molecule has 0 atom stereocenters. The molecule has 0 bridgehead atoms. The smallest absolute Gasteiger partial charge is 0.417 e. The Bertz CT molecular complexity index is 1480. The molecule has 0 aliphatic heterocycles. The van der Waals surface area contributed by atoms with Gasteiger partial charge in [-0.1, -0.05) is 29.8 Å². The summed E-state index contributed by atoms with van der Waals surface area (Å²) < 4.78 is 77.2. The van der Waals surface area contributed by atoms with E-state index in [1.807, 2.05) is 0 Å². The molecule has 0 fully saturated rings. The van der Waals surface area contributed by atoms with Gasteiger partial charge >= 0.3 is 18.1 Å². The molecule has 0 aliphatic carbocycles. The summed E-state index contributed by atoms with van der Waals surface area (Å²) in [5, 5.41) is 1.69. The van der Waals surface area contributed by atoms with E-state index in [2.05, 4.69) is 14.8 Å². The molecule has 0 aromatic heterocycles. The second kappa shape index (κ2) is 11.7. The Labute approximate surface area is 226 Å². The minimum Gasteiger partial charge on any atom is -0.465 e. The first-order valence-corrected chi connectivity index (χ1v) is 12.7.